The highest BCUT2D eigenvalue weighted by Gasteiger charge is 2.21. The number of amides is 1. The second-order valence-corrected chi connectivity index (χ2v) is 6.38. The van der Waals surface area contributed by atoms with E-state index in [1.54, 1.807) is 12.1 Å². The summed E-state index contributed by atoms with van der Waals surface area (Å²) in [5.74, 6) is 0.451. The van der Waals surface area contributed by atoms with Gasteiger partial charge in [-0.2, -0.15) is 0 Å². The smallest absolute Gasteiger partial charge is 0.223 e. The third kappa shape index (κ3) is 4.01. The van der Waals surface area contributed by atoms with Gasteiger partial charge in [-0.25, -0.2) is 0 Å². The van der Waals surface area contributed by atoms with Gasteiger partial charge in [-0.05, 0) is 42.3 Å². The molecule has 126 valence electrons. The molecular formula is C19H21ClN2O2. The lowest BCUT2D eigenvalue weighted by molar-refractivity contribution is -0.131. The minimum atomic E-state index is 0.181. The van der Waals surface area contributed by atoms with Gasteiger partial charge in [0, 0.05) is 43.3 Å². The summed E-state index contributed by atoms with van der Waals surface area (Å²) in [5, 5.41) is 10.1. The van der Waals surface area contributed by atoms with Crippen LogP contribution in [0, 0.1) is 0 Å². The molecule has 0 radical (unpaired) electrons. The number of phenolic OH excluding ortho intramolecular Hbond substituents is 1. The maximum atomic E-state index is 12.4. The quantitative estimate of drug-likeness (QED) is 0.925. The topological polar surface area (TPSA) is 43.8 Å². The highest BCUT2D eigenvalue weighted by Crippen LogP contribution is 2.21. The Morgan fingerprint density at radius 2 is 1.67 bits per heavy atom. The van der Waals surface area contributed by atoms with Gasteiger partial charge in [0.1, 0.15) is 5.75 Å². The Hall–Kier alpha value is -2.20. The number of hydrogen-bond acceptors (Lipinski definition) is 3. The minimum Gasteiger partial charge on any atom is -0.508 e. The first-order chi connectivity index (χ1) is 11.6. The number of anilines is 1. The van der Waals surface area contributed by atoms with Crippen molar-refractivity contribution in [2.24, 2.45) is 0 Å². The predicted octanol–water partition coefficient (Wildman–Crippen LogP) is 3.33. The number of piperazine rings is 1. The third-order valence-corrected chi connectivity index (χ3v) is 4.78. The van der Waals surface area contributed by atoms with Crippen molar-refractivity contribution in [2.75, 3.05) is 31.1 Å². The largest absolute Gasteiger partial charge is 0.508 e. The van der Waals surface area contributed by atoms with Crippen molar-refractivity contribution < 1.29 is 9.90 Å². The molecule has 3 rings (SSSR count). The molecule has 0 bridgehead atoms. The molecule has 0 spiro atoms. The van der Waals surface area contributed by atoms with Crippen LogP contribution in [0.5, 0.6) is 5.75 Å². The van der Waals surface area contributed by atoms with Gasteiger partial charge in [-0.1, -0.05) is 29.8 Å². The van der Waals surface area contributed by atoms with Gasteiger partial charge in [0.25, 0.3) is 0 Å². The maximum absolute atomic E-state index is 12.4. The van der Waals surface area contributed by atoms with Crippen LogP contribution < -0.4 is 4.90 Å². The van der Waals surface area contributed by atoms with E-state index < -0.39 is 0 Å². The predicted molar refractivity (Wildman–Crippen MR) is 96.7 cm³/mol. The fourth-order valence-corrected chi connectivity index (χ4v) is 3.21. The first kappa shape index (κ1) is 16.7. The molecule has 0 unspecified atom stereocenters. The summed E-state index contributed by atoms with van der Waals surface area (Å²) in [5.41, 5.74) is 2.10. The second-order valence-electron chi connectivity index (χ2n) is 5.98. The molecule has 2 aromatic rings. The molecule has 1 fully saturated rings. The van der Waals surface area contributed by atoms with Crippen LogP contribution in [0.15, 0.2) is 48.5 Å². The number of halogens is 1. The monoisotopic (exact) mass is 344 g/mol. The van der Waals surface area contributed by atoms with Crippen LogP contribution in [0.25, 0.3) is 0 Å². The van der Waals surface area contributed by atoms with E-state index in [1.807, 2.05) is 41.3 Å². The molecule has 1 N–H and O–H groups in total. The Bertz CT molecular complexity index is 695. The number of carbonyl (C=O) groups excluding carboxylic acids is 1. The van der Waals surface area contributed by atoms with Crippen molar-refractivity contribution in [3.8, 4) is 5.75 Å². The number of hydrogen-bond donors (Lipinski definition) is 1. The molecule has 0 aliphatic carbocycles. The summed E-state index contributed by atoms with van der Waals surface area (Å²) in [7, 11) is 0. The van der Waals surface area contributed by atoms with E-state index in [0.29, 0.717) is 12.8 Å². The molecule has 0 aromatic heterocycles. The van der Waals surface area contributed by atoms with Crippen LogP contribution in [-0.4, -0.2) is 42.1 Å². The number of aryl methyl sites for hydroxylation is 1. The SMILES string of the molecule is O=C(CCc1ccccc1Cl)N1CCN(c2ccc(O)cc2)CC1. The minimum absolute atomic E-state index is 0.181. The molecule has 0 atom stereocenters. The van der Waals surface area contributed by atoms with E-state index in [-0.39, 0.29) is 11.7 Å². The van der Waals surface area contributed by atoms with Crippen LogP contribution in [-0.2, 0) is 11.2 Å². The summed E-state index contributed by atoms with van der Waals surface area (Å²) in [6.07, 6.45) is 1.17. The molecule has 0 saturated carbocycles. The van der Waals surface area contributed by atoms with Crippen molar-refractivity contribution in [3.63, 3.8) is 0 Å². The number of phenols is 1. The van der Waals surface area contributed by atoms with Crippen molar-refractivity contribution in [1.29, 1.82) is 0 Å². The Kier molecular flexibility index (Phi) is 5.26. The van der Waals surface area contributed by atoms with Crippen molar-refractivity contribution in [1.82, 2.24) is 4.90 Å². The molecule has 2 aromatic carbocycles. The molecule has 24 heavy (non-hydrogen) atoms. The van der Waals surface area contributed by atoms with Gasteiger partial charge in [0.2, 0.25) is 5.91 Å². The zero-order valence-corrected chi connectivity index (χ0v) is 14.2. The van der Waals surface area contributed by atoms with E-state index in [9.17, 15) is 9.90 Å². The molecule has 1 heterocycles. The van der Waals surface area contributed by atoms with Gasteiger partial charge < -0.3 is 14.9 Å². The normalized spacial score (nSPS) is 14.7. The van der Waals surface area contributed by atoms with E-state index in [2.05, 4.69) is 4.90 Å². The number of carbonyl (C=O) groups is 1. The summed E-state index contributed by atoms with van der Waals surface area (Å²) in [6.45, 7) is 3.07. The fraction of sp³-hybridized carbons (Fsp3) is 0.316. The van der Waals surface area contributed by atoms with Crippen LogP contribution in [0.1, 0.15) is 12.0 Å². The Labute approximate surface area is 147 Å². The van der Waals surface area contributed by atoms with Gasteiger partial charge in [0.15, 0.2) is 0 Å². The standard InChI is InChI=1S/C19H21ClN2O2/c20-18-4-2-1-3-15(18)5-10-19(24)22-13-11-21(12-14-22)16-6-8-17(23)9-7-16/h1-4,6-9,23H,5,10-14H2. The van der Waals surface area contributed by atoms with E-state index in [4.69, 9.17) is 11.6 Å². The lowest BCUT2D eigenvalue weighted by atomic mass is 10.1. The van der Waals surface area contributed by atoms with Gasteiger partial charge in [0.05, 0.1) is 0 Å². The van der Waals surface area contributed by atoms with Crippen LogP contribution in [0.4, 0.5) is 5.69 Å². The van der Waals surface area contributed by atoms with Crippen molar-refractivity contribution in [3.05, 3.63) is 59.1 Å². The zero-order valence-electron chi connectivity index (χ0n) is 13.5. The summed E-state index contributed by atoms with van der Waals surface area (Å²) >= 11 is 6.14. The molecular weight excluding hydrogens is 324 g/mol. The average Bonchev–Trinajstić information content (AvgIpc) is 2.62. The molecule has 5 heteroatoms. The zero-order chi connectivity index (χ0) is 16.9. The Balaban J connectivity index is 1.50. The summed E-state index contributed by atoms with van der Waals surface area (Å²) < 4.78 is 0. The van der Waals surface area contributed by atoms with E-state index in [0.717, 1.165) is 42.5 Å². The number of aromatic hydroxyl groups is 1. The molecule has 1 aliphatic heterocycles. The number of rotatable bonds is 4. The van der Waals surface area contributed by atoms with E-state index in [1.165, 1.54) is 0 Å². The van der Waals surface area contributed by atoms with Crippen LogP contribution >= 0.6 is 11.6 Å². The van der Waals surface area contributed by atoms with Gasteiger partial charge >= 0.3 is 0 Å². The number of benzene rings is 2. The third-order valence-electron chi connectivity index (χ3n) is 4.41. The van der Waals surface area contributed by atoms with Crippen molar-refractivity contribution >= 4 is 23.2 Å². The number of nitrogens with zero attached hydrogens (tertiary/aromatic N) is 2. The van der Waals surface area contributed by atoms with Gasteiger partial charge in [-0.3, -0.25) is 4.79 Å². The summed E-state index contributed by atoms with van der Waals surface area (Å²) in [4.78, 5) is 16.6. The summed E-state index contributed by atoms with van der Waals surface area (Å²) in [6, 6.07) is 14.9. The lowest BCUT2D eigenvalue weighted by Gasteiger charge is -2.36. The van der Waals surface area contributed by atoms with Crippen molar-refractivity contribution in [2.45, 2.75) is 12.8 Å². The highest BCUT2D eigenvalue weighted by molar-refractivity contribution is 6.31. The fourth-order valence-electron chi connectivity index (χ4n) is 2.98. The first-order valence-electron chi connectivity index (χ1n) is 8.18. The van der Waals surface area contributed by atoms with Crippen LogP contribution in [0.3, 0.4) is 0 Å². The first-order valence-corrected chi connectivity index (χ1v) is 8.56. The van der Waals surface area contributed by atoms with Gasteiger partial charge in [-0.15, -0.1) is 0 Å². The molecule has 1 amide bonds. The lowest BCUT2D eigenvalue weighted by Crippen LogP contribution is -2.48. The highest BCUT2D eigenvalue weighted by atomic mass is 35.5. The molecule has 4 nitrogen and oxygen atoms in total. The average molecular weight is 345 g/mol. The Morgan fingerprint density at radius 1 is 1.00 bits per heavy atom. The van der Waals surface area contributed by atoms with E-state index >= 15 is 0 Å². The molecule has 1 aliphatic rings. The Morgan fingerprint density at radius 3 is 2.33 bits per heavy atom. The molecule has 1 saturated heterocycles. The second kappa shape index (κ2) is 7.58. The maximum Gasteiger partial charge on any atom is 0.223 e. The van der Waals surface area contributed by atoms with Crippen LogP contribution in [0.2, 0.25) is 5.02 Å².